The summed E-state index contributed by atoms with van der Waals surface area (Å²) in [4.78, 5) is 12.6. The van der Waals surface area contributed by atoms with E-state index in [4.69, 9.17) is 14.3 Å². The molecule has 1 aliphatic rings. The van der Waals surface area contributed by atoms with Crippen LogP contribution in [0, 0.1) is 0 Å². The summed E-state index contributed by atoms with van der Waals surface area (Å²) in [6.07, 6.45) is 0.990. The van der Waals surface area contributed by atoms with E-state index in [9.17, 15) is 9.90 Å². The molecule has 5 rings (SSSR count). The van der Waals surface area contributed by atoms with Gasteiger partial charge >= 0.3 is 14.4 Å². The van der Waals surface area contributed by atoms with E-state index < -0.39 is 20.5 Å². The van der Waals surface area contributed by atoms with Gasteiger partial charge in [0.2, 0.25) is 0 Å². The molecule has 0 radical (unpaired) electrons. The molecule has 4 aromatic rings. The summed E-state index contributed by atoms with van der Waals surface area (Å²) in [5, 5.41) is 28.8. The molecule has 0 aliphatic carbocycles. The van der Waals surface area contributed by atoms with Crippen molar-refractivity contribution in [2.24, 2.45) is 0 Å². The number of amides is 1. The Morgan fingerprint density at radius 1 is 0.854 bits per heavy atom. The van der Waals surface area contributed by atoms with E-state index in [0.29, 0.717) is 25.4 Å². The molecule has 0 saturated carbocycles. The van der Waals surface area contributed by atoms with Gasteiger partial charge in [-0.05, 0) is 83.2 Å². The number of carboxylic acid groups (broad SMARTS) is 1. The van der Waals surface area contributed by atoms with Crippen LogP contribution in [0.1, 0.15) is 39.2 Å². The average molecular weight is 668 g/mol. The highest BCUT2D eigenvalue weighted by Crippen LogP contribution is 2.37. The maximum atomic E-state index is 11.1. The van der Waals surface area contributed by atoms with Crippen molar-refractivity contribution in [2.45, 2.75) is 57.2 Å². The van der Waals surface area contributed by atoms with Gasteiger partial charge in [-0.3, -0.25) is 0 Å². The number of likely N-dealkylation sites (tertiary alicyclic amines) is 1. The number of ether oxygens (including phenoxy) is 1. The minimum absolute atomic E-state index is 0.132. The first-order chi connectivity index (χ1) is 23.1. The Bertz CT molecular complexity index is 1520. The predicted molar refractivity (Wildman–Crippen MR) is 195 cm³/mol. The zero-order valence-electron chi connectivity index (χ0n) is 28.3. The molecule has 0 unspecified atom stereocenters. The molecule has 254 valence electrons. The van der Waals surface area contributed by atoms with Gasteiger partial charge in [-0.1, -0.05) is 93.6 Å². The third-order valence-corrected chi connectivity index (χ3v) is 14.0. The van der Waals surface area contributed by atoms with E-state index in [2.05, 4.69) is 104 Å². The molecule has 1 aliphatic heterocycles. The number of hydrogen-bond donors (Lipinski definition) is 4. The zero-order chi connectivity index (χ0) is 34.0. The van der Waals surface area contributed by atoms with Crippen molar-refractivity contribution >= 4 is 30.5 Å². The predicted octanol–water partition coefficient (Wildman–Crippen LogP) is 5.75. The first-order valence-electron chi connectivity index (χ1n) is 16.9. The number of rotatable bonds is 14. The van der Waals surface area contributed by atoms with Crippen molar-refractivity contribution < 1.29 is 24.2 Å². The summed E-state index contributed by atoms with van der Waals surface area (Å²) in [6.45, 7) is 9.29. The smallest absolute Gasteiger partial charge is 0.407 e. The monoisotopic (exact) mass is 667 g/mol. The van der Waals surface area contributed by atoms with Crippen LogP contribution in [0.2, 0.25) is 5.04 Å². The number of hydrogen-bond acceptors (Lipinski definition) is 6. The van der Waals surface area contributed by atoms with Gasteiger partial charge in [0.15, 0.2) is 0 Å². The minimum Gasteiger partial charge on any atom is -0.534 e. The number of carbonyl (C=O) groups is 1. The largest absolute Gasteiger partial charge is 0.534 e. The van der Waals surface area contributed by atoms with Crippen LogP contribution in [0.25, 0.3) is 0 Å². The van der Waals surface area contributed by atoms with Crippen molar-refractivity contribution in [1.82, 2.24) is 10.2 Å². The average Bonchev–Trinajstić information content (AvgIpc) is 3.10. The molecule has 0 bridgehead atoms. The standard InChI is InChI=1S/C39H49N3O5Si/c1-39(2,3)48(36-10-6-4-7-11-36,37-12-8-5-9-13-37)47-35-20-18-34(19-21-35)46-29-33(43)28-40-25-22-30-14-16-31(17-15-30)41-32-23-26-42(27-24-32)38(44)45/h4-21,32-33,40-41,43H,22-29H2,1-3H3,(H,44,45)/t33-/m0/s1. The van der Waals surface area contributed by atoms with Gasteiger partial charge in [0.1, 0.15) is 24.2 Å². The maximum absolute atomic E-state index is 11.1. The lowest BCUT2D eigenvalue weighted by atomic mass is 10.0. The SMILES string of the molecule is CC(C)(C)[Si](Oc1ccc(OC[C@@H](O)CNCCc2ccc(NC3CCN(C(=O)O)CC3)cc2)cc1)(c1ccccc1)c1ccccc1. The molecule has 1 fully saturated rings. The molecule has 4 N–H and O–H groups in total. The van der Waals surface area contributed by atoms with Gasteiger partial charge in [-0.25, -0.2) is 4.79 Å². The van der Waals surface area contributed by atoms with Gasteiger partial charge in [-0.2, -0.15) is 0 Å². The lowest BCUT2D eigenvalue weighted by Gasteiger charge is -2.43. The second kappa shape index (κ2) is 16.2. The topological polar surface area (TPSA) is 103 Å². The fourth-order valence-electron chi connectivity index (χ4n) is 6.40. The number of anilines is 1. The molecule has 1 saturated heterocycles. The highest BCUT2D eigenvalue weighted by atomic mass is 28.4. The summed E-state index contributed by atoms with van der Waals surface area (Å²) in [6, 6.07) is 37.6. The van der Waals surface area contributed by atoms with Crippen LogP contribution in [0.3, 0.4) is 0 Å². The Morgan fingerprint density at radius 3 is 1.96 bits per heavy atom. The summed E-state index contributed by atoms with van der Waals surface area (Å²) in [5.41, 5.74) is 2.26. The maximum Gasteiger partial charge on any atom is 0.407 e. The molecule has 0 spiro atoms. The van der Waals surface area contributed by atoms with E-state index >= 15 is 0 Å². The van der Waals surface area contributed by atoms with E-state index in [0.717, 1.165) is 37.2 Å². The number of benzene rings is 4. The summed E-state index contributed by atoms with van der Waals surface area (Å²) in [7, 11) is -2.71. The van der Waals surface area contributed by atoms with Gasteiger partial charge in [0.05, 0.1) is 0 Å². The van der Waals surface area contributed by atoms with Gasteiger partial charge in [0.25, 0.3) is 0 Å². The van der Waals surface area contributed by atoms with Crippen LogP contribution in [0.4, 0.5) is 10.5 Å². The van der Waals surface area contributed by atoms with E-state index in [1.807, 2.05) is 36.4 Å². The molecule has 0 aromatic heterocycles. The normalized spacial score (nSPS) is 14.7. The van der Waals surface area contributed by atoms with Crippen LogP contribution >= 0.6 is 0 Å². The van der Waals surface area contributed by atoms with Crippen molar-refractivity contribution in [1.29, 1.82) is 0 Å². The Kier molecular flexibility index (Phi) is 11.8. The molecule has 9 heteroatoms. The molecule has 1 heterocycles. The third-order valence-electron chi connectivity index (χ3n) is 9.01. The van der Waals surface area contributed by atoms with Crippen LogP contribution < -0.4 is 30.2 Å². The van der Waals surface area contributed by atoms with E-state index in [-0.39, 0.29) is 17.7 Å². The van der Waals surface area contributed by atoms with Crippen LogP contribution in [-0.4, -0.2) is 74.5 Å². The first kappa shape index (κ1) is 35.0. The van der Waals surface area contributed by atoms with E-state index in [1.165, 1.54) is 20.8 Å². The molecule has 1 atom stereocenters. The van der Waals surface area contributed by atoms with Gasteiger partial charge < -0.3 is 34.9 Å². The second-order valence-corrected chi connectivity index (χ2v) is 17.8. The summed E-state index contributed by atoms with van der Waals surface area (Å²) < 4.78 is 13.0. The Labute approximate surface area is 285 Å². The molecular formula is C39H49N3O5Si. The number of piperidine rings is 1. The highest BCUT2D eigenvalue weighted by molar-refractivity contribution is 7.00. The van der Waals surface area contributed by atoms with Crippen LogP contribution in [-0.2, 0) is 6.42 Å². The van der Waals surface area contributed by atoms with Crippen LogP contribution in [0.5, 0.6) is 11.5 Å². The Balaban J connectivity index is 1.07. The van der Waals surface area contributed by atoms with E-state index in [1.54, 1.807) is 0 Å². The van der Waals surface area contributed by atoms with Gasteiger partial charge in [-0.15, -0.1) is 0 Å². The molecular weight excluding hydrogens is 619 g/mol. The number of aliphatic hydroxyl groups is 1. The molecule has 8 nitrogen and oxygen atoms in total. The lowest BCUT2D eigenvalue weighted by Crippen LogP contribution is -2.68. The van der Waals surface area contributed by atoms with Crippen LogP contribution in [0.15, 0.2) is 109 Å². The van der Waals surface area contributed by atoms with Gasteiger partial charge in [0, 0.05) is 31.4 Å². The summed E-state index contributed by atoms with van der Waals surface area (Å²) in [5.74, 6) is 1.48. The number of aliphatic hydroxyl groups excluding tert-OH is 1. The fourth-order valence-corrected chi connectivity index (χ4v) is 10.8. The molecule has 48 heavy (non-hydrogen) atoms. The highest BCUT2D eigenvalue weighted by Gasteiger charge is 2.52. The van der Waals surface area contributed by atoms with Crippen molar-refractivity contribution in [3.63, 3.8) is 0 Å². The van der Waals surface area contributed by atoms with Crippen molar-refractivity contribution in [3.8, 4) is 11.5 Å². The summed E-state index contributed by atoms with van der Waals surface area (Å²) >= 11 is 0. The quantitative estimate of drug-likeness (QED) is 0.100. The molecule has 4 aromatic carbocycles. The number of nitrogens with one attached hydrogen (secondary N) is 2. The second-order valence-electron chi connectivity index (χ2n) is 13.5. The third kappa shape index (κ3) is 8.98. The first-order valence-corrected chi connectivity index (χ1v) is 18.8. The molecule has 1 amide bonds. The Morgan fingerprint density at radius 2 is 1.42 bits per heavy atom. The number of nitrogens with zero attached hydrogens (tertiary/aromatic N) is 1. The minimum atomic E-state index is -2.71. The zero-order valence-corrected chi connectivity index (χ0v) is 29.3. The Hall–Kier alpha value is -4.31. The van der Waals surface area contributed by atoms with Crippen molar-refractivity contribution in [2.75, 3.05) is 38.1 Å². The lowest BCUT2D eigenvalue weighted by molar-refractivity contribution is 0.106. The van der Waals surface area contributed by atoms with Crippen molar-refractivity contribution in [3.05, 3.63) is 115 Å². The fraction of sp³-hybridized carbons (Fsp3) is 0.359.